The lowest BCUT2D eigenvalue weighted by atomic mass is 10.1. The van der Waals surface area contributed by atoms with Gasteiger partial charge in [0.15, 0.2) is 11.5 Å². The summed E-state index contributed by atoms with van der Waals surface area (Å²) in [6.45, 7) is 2.29. The number of phenols is 1. The van der Waals surface area contributed by atoms with E-state index in [2.05, 4.69) is 20.8 Å². The molecule has 3 aromatic carbocycles. The number of thiazole rings is 1. The molecule has 0 radical (unpaired) electrons. The number of ether oxygens (including phenoxy) is 1. The van der Waals surface area contributed by atoms with Gasteiger partial charge < -0.3 is 15.2 Å². The normalized spacial score (nSPS) is 10.9. The van der Waals surface area contributed by atoms with E-state index in [4.69, 9.17) is 16.3 Å². The first-order chi connectivity index (χ1) is 16.5. The Bertz CT molecular complexity index is 1310. The Balaban J connectivity index is 1.56. The third-order valence-electron chi connectivity index (χ3n) is 4.67. The fourth-order valence-electron chi connectivity index (χ4n) is 3.07. The van der Waals surface area contributed by atoms with E-state index in [0.717, 1.165) is 11.1 Å². The minimum atomic E-state index is -0.264. The monoisotopic (exact) mass is 492 g/mol. The predicted molar refractivity (Wildman–Crippen MR) is 137 cm³/mol. The summed E-state index contributed by atoms with van der Waals surface area (Å²) < 4.78 is 5.40. The standard InChI is InChI=1S/C25H21ClN4O3S/c1-2-33-21-14-16(8-13-20(21)31)15-27-30-25-28-22(17-6-4-3-5-7-17)24(34-25)29-23(32)18-9-11-19(26)12-10-18/h3-15,31H,2H2,1H3,(H,28,30)(H,29,32)/b27-15-. The predicted octanol–water partition coefficient (Wildman–Crippen LogP) is 6.27. The van der Waals surface area contributed by atoms with Crippen LogP contribution in [-0.4, -0.2) is 28.8 Å². The molecular weight excluding hydrogens is 472 g/mol. The van der Waals surface area contributed by atoms with E-state index in [1.54, 1.807) is 48.7 Å². The zero-order valence-corrected chi connectivity index (χ0v) is 19.7. The second-order valence-corrected chi connectivity index (χ2v) is 8.49. The number of amides is 1. The highest BCUT2D eigenvalue weighted by Gasteiger charge is 2.16. The number of anilines is 2. The van der Waals surface area contributed by atoms with E-state index in [-0.39, 0.29) is 11.7 Å². The number of nitrogens with zero attached hydrogens (tertiary/aromatic N) is 2. The van der Waals surface area contributed by atoms with Gasteiger partial charge in [-0.05, 0) is 55.0 Å². The van der Waals surface area contributed by atoms with Gasteiger partial charge in [0.1, 0.15) is 10.7 Å². The van der Waals surface area contributed by atoms with Crippen LogP contribution in [0.5, 0.6) is 11.5 Å². The van der Waals surface area contributed by atoms with E-state index < -0.39 is 0 Å². The minimum absolute atomic E-state index is 0.0699. The molecule has 0 aliphatic heterocycles. The molecular formula is C25H21ClN4O3S. The first-order valence-electron chi connectivity index (χ1n) is 10.4. The van der Waals surface area contributed by atoms with E-state index in [1.807, 2.05) is 37.3 Å². The Hall–Kier alpha value is -3.88. The summed E-state index contributed by atoms with van der Waals surface area (Å²) >= 11 is 7.20. The minimum Gasteiger partial charge on any atom is -0.504 e. The van der Waals surface area contributed by atoms with E-state index in [9.17, 15) is 9.90 Å². The lowest BCUT2D eigenvalue weighted by molar-refractivity contribution is 0.102. The Kier molecular flexibility index (Phi) is 7.41. The summed E-state index contributed by atoms with van der Waals surface area (Å²) in [5.74, 6) is 0.194. The zero-order valence-electron chi connectivity index (χ0n) is 18.2. The molecule has 7 nitrogen and oxygen atoms in total. The fourth-order valence-corrected chi connectivity index (χ4v) is 4.02. The SMILES string of the molecule is CCOc1cc(/C=N\Nc2nc(-c3ccccc3)c(NC(=O)c3ccc(Cl)cc3)s2)ccc1O. The van der Waals surface area contributed by atoms with Crippen LogP contribution < -0.4 is 15.5 Å². The van der Waals surface area contributed by atoms with Crippen molar-refractivity contribution in [3.63, 3.8) is 0 Å². The number of halogens is 1. The quantitative estimate of drug-likeness (QED) is 0.199. The molecule has 1 aromatic heterocycles. The molecule has 0 spiro atoms. The van der Waals surface area contributed by atoms with Gasteiger partial charge in [0.05, 0.1) is 12.8 Å². The van der Waals surface area contributed by atoms with Gasteiger partial charge in [0, 0.05) is 16.1 Å². The molecule has 172 valence electrons. The molecule has 0 saturated carbocycles. The summed E-state index contributed by atoms with van der Waals surface area (Å²) in [5.41, 5.74) is 5.64. The molecule has 0 fully saturated rings. The summed E-state index contributed by atoms with van der Waals surface area (Å²) in [5, 5.41) is 18.7. The molecule has 0 aliphatic rings. The van der Waals surface area contributed by atoms with Crippen molar-refractivity contribution in [2.24, 2.45) is 5.10 Å². The zero-order chi connectivity index (χ0) is 23.9. The fraction of sp³-hybridized carbons (Fsp3) is 0.0800. The van der Waals surface area contributed by atoms with Crippen molar-refractivity contribution in [1.29, 1.82) is 0 Å². The maximum atomic E-state index is 12.8. The van der Waals surface area contributed by atoms with Crippen LogP contribution in [0, 0.1) is 0 Å². The van der Waals surface area contributed by atoms with E-state index in [1.165, 1.54) is 11.3 Å². The maximum absolute atomic E-state index is 12.8. The summed E-state index contributed by atoms with van der Waals surface area (Å²) in [7, 11) is 0. The summed E-state index contributed by atoms with van der Waals surface area (Å²) in [6, 6.07) is 21.2. The number of phenolic OH excluding ortho intramolecular Hbond substituents is 1. The Morgan fingerprint density at radius 1 is 1.15 bits per heavy atom. The molecule has 4 rings (SSSR count). The molecule has 4 aromatic rings. The number of nitrogens with one attached hydrogen (secondary N) is 2. The van der Waals surface area contributed by atoms with Gasteiger partial charge in [-0.15, -0.1) is 0 Å². The molecule has 0 atom stereocenters. The number of aromatic hydroxyl groups is 1. The number of hydrazone groups is 1. The van der Waals surface area contributed by atoms with Crippen LogP contribution in [0.4, 0.5) is 10.1 Å². The first kappa shape index (κ1) is 23.3. The second kappa shape index (κ2) is 10.8. The van der Waals surface area contributed by atoms with Crippen LogP contribution in [0.25, 0.3) is 11.3 Å². The topological polar surface area (TPSA) is 95.8 Å². The molecule has 0 unspecified atom stereocenters. The van der Waals surface area contributed by atoms with Crippen LogP contribution in [0.15, 0.2) is 77.9 Å². The van der Waals surface area contributed by atoms with E-state index in [0.29, 0.717) is 38.8 Å². The smallest absolute Gasteiger partial charge is 0.256 e. The van der Waals surface area contributed by atoms with Gasteiger partial charge in [-0.25, -0.2) is 4.98 Å². The molecule has 3 N–H and O–H groups in total. The van der Waals surface area contributed by atoms with Crippen molar-refractivity contribution >= 4 is 45.2 Å². The van der Waals surface area contributed by atoms with Crippen molar-refractivity contribution in [2.75, 3.05) is 17.3 Å². The van der Waals surface area contributed by atoms with Crippen molar-refractivity contribution in [2.45, 2.75) is 6.92 Å². The number of carbonyl (C=O) groups excluding carboxylic acids is 1. The largest absolute Gasteiger partial charge is 0.504 e. The summed E-state index contributed by atoms with van der Waals surface area (Å²) in [4.78, 5) is 17.4. The van der Waals surface area contributed by atoms with Gasteiger partial charge in [0.25, 0.3) is 5.91 Å². The molecule has 0 aliphatic carbocycles. The molecule has 9 heteroatoms. The Labute approximate surface area is 205 Å². The number of rotatable bonds is 8. The third kappa shape index (κ3) is 5.72. The van der Waals surface area contributed by atoms with Gasteiger partial charge in [-0.3, -0.25) is 10.2 Å². The van der Waals surface area contributed by atoms with Crippen LogP contribution in [0.2, 0.25) is 5.02 Å². The van der Waals surface area contributed by atoms with Crippen molar-refractivity contribution in [3.8, 4) is 22.8 Å². The number of hydrogen-bond donors (Lipinski definition) is 3. The molecule has 34 heavy (non-hydrogen) atoms. The van der Waals surface area contributed by atoms with Gasteiger partial charge in [0.2, 0.25) is 5.13 Å². The molecule has 0 bridgehead atoms. The number of benzene rings is 3. The second-order valence-electron chi connectivity index (χ2n) is 7.05. The van der Waals surface area contributed by atoms with Crippen LogP contribution in [0.1, 0.15) is 22.8 Å². The van der Waals surface area contributed by atoms with Crippen molar-refractivity contribution in [1.82, 2.24) is 4.98 Å². The molecule has 1 heterocycles. The number of carbonyl (C=O) groups is 1. The first-order valence-corrected chi connectivity index (χ1v) is 11.6. The van der Waals surface area contributed by atoms with Crippen LogP contribution in [-0.2, 0) is 0 Å². The van der Waals surface area contributed by atoms with Gasteiger partial charge in [-0.2, -0.15) is 5.10 Å². The lowest BCUT2D eigenvalue weighted by Gasteiger charge is -2.05. The number of hydrogen-bond acceptors (Lipinski definition) is 7. The van der Waals surface area contributed by atoms with Crippen LogP contribution >= 0.6 is 22.9 Å². The maximum Gasteiger partial charge on any atom is 0.256 e. The Morgan fingerprint density at radius 3 is 2.65 bits per heavy atom. The van der Waals surface area contributed by atoms with Gasteiger partial charge >= 0.3 is 0 Å². The van der Waals surface area contributed by atoms with E-state index >= 15 is 0 Å². The number of aromatic nitrogens is 1. The van der Waals surface area contributed by atoms with Crippen LogP contribution in [0.3, 0.4) is 0 Å². The molecule has 0 saturated heterocycles. The lowest BCUT2D eigenvalue weighted by Crippen LogP contribution is -2.11. The Morgan fingerprint density at radius 2 is 1.91 bits per heavy atom. The van der Waals surface area contributed by atoms with Crippen molar-refractivity contribution < 1.29 is 14.6 Å². The highest BCUT2D eigenvalue weighted by Crippen LogP contribution is 2.36. The summed E-state index contributed by atoms with van der Waals surface area (Å²) in [6.07, 6.45) is 1.59. The van der Waals surface area contributed by atoms with Crippen molar-refractivity contribution in [3.05, 3.63) is 88.9 Å². The third-order valence-corrected chi connectivity index (χ3v) is 5.79. The van der Waals surface area contributed by atoms with Gasteiger partial charge in [-0.1, -0.05) is 53.3 Å². The molecule has 1 amide bonds. The average molecular weight is 493 g/mol. The highest BCUT2D eigenvalue weighted by molar-refractivity contribution is 7.20. The highest BCUT2D eigenvalue weighted by atomic mass is 35.5. The average Bonchev–Trinajstić information content (AvgIpc) is 3.24.